The summed E-state index contributed by atoms with van der Waals surface area (Å²) in [6, 6.07) is 7.58. The number of nitrogens with zero attached hydrogens (tertiary/aromatic N) is 3. The zero-order valence-corrected chi connectivity index (χ0v) is 18.1. The molecule has 0 aliphatic heterocycles. The molecule has 1 aromatic carbocycles. The fraction of sp³-hybridized carbons (Fsp3) is 0.412. The van der Waals surface area contributed by atoms with Gasteiger partial charge in [0.2, 0.25) is 0 Å². The number of hydrogen-bond donors (Lipinski definition) is 1. The van der Waals surface area contributed by atoms with Gasteiger partial charge in [0.05, 0.1) is 30.9 Å². The number of rotatable bonds is 7. The van der Waals surface area contributed by atoms with Gasteiger partial charge in [-0.15, -0.1) is 35.3 Å². The molecule has 1 N–H and O–H groups in total. The fourth-order valence-electron chi connectivity index (χ4n) is 2.21. The minimum atomic E-state index is 0. The zero-order valence-electron chi connectivity index (χ0n) is 15.0. The van der Waals surface area contributed by atoms with Gasteiger partial charge < -0.3 is 19.7 Å². The first-order chi connectivity index (χ1) is 11.6. The Bertz CT molecular complexity index is 678. The molecule has 0 aliphatic carbocycles. The van der Waals surface area contributed by atoms with Crippen molar-refractivity contribution in [2.45, 2.75) is 13.5 Å². The fourth-order valence-corrected chi connectivity index (χ4v) is 2.81. The summed E-state index contributed by atoms with van der Waals surface area (Å²) in [7, 11) is 5.41. The van der Waals surface area contributed by atoms with Crippen molar-refractivity contribution >= 4 is 41.3 Å². The summed E-state index contributed by atoms with van der Waals surface area (Å²) >= 11 is 1.66. The average molecular weight is 476 g/mol. The first-order valence-electron chi connectivity index (χ1n) is 7.72. The van der Waals surface area contributed by atoms with Gasteiger partial charge in [-0.1, -0.05) is 6.07 Å². The maximum Gasteiger partial charge on any atom is 0.193 e. The first-order valence-corrected chi connectivity index (χ1v) is 8.60. The second-order valence-electron chi connectivity index (χ2n) is 5.22. The van der Waals surface area contributed by atoms with Gasteiger partial charge in [0.15, 0.2) is 5.96 Å². The third kappa shape index (κ3) is 7.07. The molecule has 0 aliphatic rings. The molecular weight excluding hydrogens is 451 g/mol. The molecule has 0 saturated carbocycles. The Balaban J connectivity index is 0.00000312. The van der Waals surface area contributed by atoms with Crippen molar-refractivity contribution < 1.29 is 9.47 Å². The average Bonchev–Trinajstić information content (AvgIpc) is 2.99. The molecule has 0 saturated heterocycles. The lowest BCUT2D eigenvalue weighted by atomic mass is 10.3. The Morgan fingerprint density at radius 2 is 2.12 bits per heavy atom. The molecule has 0 amide bonds. The molecule has 0 spiro atoms. The summed E-state index contributed by atoms with van der Waals surface area (Å²) in [5.74, 6) is 2.39. The van der Waals surface area contributed by atoms with Gasteiger partial charge >= 0.3 is 0 Å². The van der Waals surface area contributed by atoms with E-state index in [-0.39, 0.29) is 24.0 Å². The molecule has 8 heteroatoms. The summed E-state index contributed by atoms with van der Waals surface area (Å²) in [5.41, 5.74) is 1.05. The molecule has 25 heavy (non-hydrogen) atoms. The van der Waals surface area contributed by atoms with Crippen molar-refractivity contribution in [1.29, 1.82) is 0 Å². The van der Waals surface area contributed by atoms with Crippen molar-refractivity contribution in [3.05, 3.63) is 40.3 Å². The molecule has 0 fully saturated rings. The van der Waals surface area contributed by atoms with E-state index in [1.54, 1.807) is 25.5 Å². The second kappa shape index (κ2) is 11.1. The van der Waals surface area contributed by atoms with Crippen LogP contribution in [0.3, 0.4) is 0 Å². The number of hydrogen-bond acceptors (Lipinski definition) is 5. The number of aromatic nitrogens is 1. The lowest BCUT2D eigenvalue weighted by molar-refractivity contribution is 0.316. The molecule has 1 heterocycles. The lowest BCUT2D eigenvalue weighted by Crippen LogP contribution is -2.40. The van der Waals surface area contributed by atoms with Crippen molar-refractivity contribution in [1.82, 2.24) is 15.2 Å². The van der Waals surface area contributed by atoms with E-state index in [4.69, 9.17) is 9.47 Å². The van der Waals surface area contributed by atoms with Crippen LogP contribution >= 0.6 is 35.3 Å². The predicted molar refractivity (Wildman–Crippen MR) is 114 cm³/mol. The highest BCUT2D eigenvalue weighted by Gasteiger charge is 2.08. The summed E-state index contributed by atoms with van der Waals surface area (Å²) < 4.78 is 10.9. The highest BCUT2D eigenvalue weighted by molar-refractivity contribution is 14.0. The highest BCUT2D eigenvalue weighted by Crippen LogP contribution is 2.18. The standard InChI is InChI=1S/C17H24N4O2S.HI/c1-13-20-14(12-24-13)11-21(3)17(18-2)19-8-9-23-16-7-5-6-15(10-16)22-4;/h5-7,10,12H,8-9,11H2,1-4H3,(H,18,19);1H. The number of thiazole rings is 1. The summed E-state index contributed by atoms with van der Waals surface area (Å²) in [5, 5.41) is 6.44. The number of benzene rings is 1. The predicted octanol–water partition coefficient (Wildman–Crippen LogP) is 3.16. The Kier molecular flexibility index (Phi) is 9.58. The first kappa shape index (κ1) is 21.5. The van der Waals surface area contributed by atoms with Crippen molar-refractivity contribution in [2.24, 2.45) is 4.99 Å². The van der Waals surface area contributed by atoms with Crippen LogP contribution < -0.4 is 14.8 Å². The molecule has 2 rings (SSSR count). The minimum Gasteiger partial charge on any atom is -0.497 e. The minimum absolute atomic E-state index is 0. The van der Waals surface area contributed by atoms with E-state index in [1.165, 1.54) is 0 Å². The Morgan fingerprint density at radius 1 is 1.36 bits per heavy atom. The van der Waals surface area contributed by atoms with E-state index in [9.17, 15) is 0 Å². The Labute approximate surface area is 170 Å². The maximum absolute atomic E-state index is 5.72. The zero-order chi connectivity index (χ0) is 17.4. The molecule has 6 nitrogen and oxygen atoms in total. The molecule has 2 aromatic rings. The molecule has 1 aromatic heterocycles. The van der Waals surface area contributed by atoms with Gasteiger partial charge in [-0.05, 0) is 19.1 Å². The third-order valence-corrected chi connectivity index (χ3v) is 4.16. The van der Waals surface area contributed by atoms with Crippen molar-refractivity contribution in [3.63, 3.8) is 0 Å². The van der Waals surface area contributed by atoms with Gasteiger partial charge in [-0.25, -0.2) is 4.98 Å². The second-order valence-corrected chi connectivity index (χ2v) is 6.28. The number of ether oxygens (including phenoxy) is 2. The Hall–Kier alpha value is -1.55. The number of guanidine groups is 1. The van der Waals surface area contributed by atoms with E-state index in [1.807, 2.05) is 43.1 Å². The molecule has 0 bridgehead atoms. The van der Waals surface area contributed by atoms with E-state index < -0.39 is 0 Å². The number of aryl methyl sites for hydroxylation is 1. The number of nitrogens with one attached hydrogen (secondary N) is 1. The molecule has 0 radical (unpaired) electrons. The third-order valence-electron chi connectivity index (χ3n) is 3.33. The normalized spacial score (nSPS) is 10.8. The molecule has 0 atom stereocenters. The van der Waals surface area contributed by atoms with Crippen LogP contribution in [-0.4, -0.2) is 50.2 Å². The van der Waals surface area contributed by atoms with Crippen LogP contribution in [0.2, 0.25) is 0 Å². The largest absolute Gasteiger partial charge is 0.497 e. The summed E-state index contributed by atoms with van der Waals surface area (Å²) in [6.07, 6.45) is 0. The van der Waals surface area contributed by atoms with E-state index in [0.717, 1.165) is 34.7 Å². The monoisotopic (exact) mass is 476 g/mol. The van der Waals surface area contributed by atoms with Crippen LogP contribution in [-0.2, 0) is 6.54 Å². The van der Waals surface area contributed by atoms with Crippen molar-refractivity contribution in [2.75, 3.05) is 34.4 Å². The molecule has 138 valence electrons. The Morgan fingerprint density at radius 3 is 2.76 bits per heavy atom. The maximum atomic E-state index is 5.72. The molecular formula is C17H25IN4O2S. The van der Waals surface area contributed by atoms with Gasteiger partial charge in [0.25, 0.3) is 0 Å². The number of methoxy groups -OCH3 is 1. The van der Waals surface area contributed by atoms with Crippen LogP contribution in [0, 0.1) is 6.92 Å². The van der Waals surface area contributed by atoms with E-state index >= 15 is 0 Å². The molecule has 0 unspecified atom stereocenters. The van der Waals surface area contributed by atoms with E-state index in [0.29, 0.717) is 13.2 Å². The number of aliphatic imine (C=N–C) groups is 1. The number of halogens is 1. The topological polar surface area (TPSA) is 59.0 Å². The van der Waals surface area contributed by atoms with Gasteiger partial charge in [-0.2, -0.15) is 0 Å². The smallest absolute Gasteiger partial charge is 0.193 e. The van der Waals surface area contributed by atoms with Gasteiger partial charge in [0.1, 0.15) is 18.1 Å². The van der Waals surface area contributed by atoms with Gasteiger partial charge in [0, 0.05) is 25.5 Å². The van der Waals surface area contributed by atoms with E-state index in [2.05, 4.69) is 20.7 Å². The van der Waals surface area contributed by atoms with Crippen LogP contribution in [0.15, 0.2) is 34.6 Å². The summed E-state index contributed by atoms with van der Waals surface area (Å²) in [6.45, 7) is 3.93. The van der Waals surface area contributed by atoms with Crippen LogP contribution in [0.25, 0.3) is 0 Å². The van der Waals surface area contributed by atoms with Crippen LogP contribution in [0.5, 0.6) is 11.5 Å². The lowest BCUT2D eigenvalue weighted by Gasteiger charge is -2.21. The highest BCUT2D eigenvalue weighted by atomic mass is 127. The van der Waals surface area contributed by atoms with Crippen LogP contribution in [0.4, 0.5) is 0 Å². The van der Waals surface area contributed by atoms with Crippen LogP contribution in [0.1, 0.15) is 10.7 Å². The quantitative estimate of drug-likeness (QED) is 0.288. The SMILES string of the molecule is CN=C(NCCOc1cccc(OC)c1)N(C)Cc1csc(C)n1.I. The van der Waals surface area contributed by atoms with Crippen molar-refractivity contribution in [3.8, 4) is 11.5 Å². The van der Waals surface area contributed by atoms with Gasteiger partial charge in [-0.3, -0.25) is 4.99 Å². The summed E-state index contributed by atoms with van der Waals surface area (Å²) in [4.78, 5) is 10.8.